The van der Waals surface area contributed by atoms with Crippen molar-refractivity contribution in [2.24, 2.45) is 0 Å². The van der Waals surface area contributed by atoms with E-state index in [9.17, 15) is 0 Å². The van der Waals surface area contributed by atoms with Crippen molar-refractivity contribution in [3.8, 4) is 0 Å². The van der Waals surface area contributed by atoms with Crippen LogP contribution in [-0.2, 0) is 6.42 Å². The number of rotatable bonds is 2. The fourth-order valence-corrected chi connectivity index (χ4v) is 1.05. The molecule has 0 saturated carbocycles. The van der Waals surface area contributed by atoms with Crippen LogP contribution in [-0.4, -0.2) is 16.2 Å². The molecule has 0 aromatic carbocycles. The zero-order chi connectivity index (χ0) is 8.27. The van der Waals surface area contributed by atoms with Gasteiger partial charge in [0.2, 0.25) is 0 Å². The molecule has 0 spiro atoms. The summed E-state index contributed by atoms with van der Waals surface area (Å²) in [4.78, 5) is 4.02. The van der Waals surface area contributed by atoms with Crippen LogP contribution in [0, 0.1) is 0 Å². The molecule has 1 N–H and O–H groups in total. The normalized spacial score (nSPS) is 13.0. The summed E-state index contributed by atoms with van der Waals surface area (Å²) in [6.07, 6.45) is 0.196. The molecule has 2 nitrogen and oxygen atoms in total. The van der Waals surface area contributed by atoms with Gasteiger partial charge in [-0.15, -0.1) is 0 Å². The monoisotopic (exact) mass is 171 g/mol. The van der Waals surface area contributed by atoms with Gasteiger partial charge in [-0.25, -0.2) is 4.98 Å². The van der Waals surface area contributed by atoms with E-state index in [2.05, 4.69) is 4.98 Å². The number of hydrogen-bond acceptors (Lipinski definition) is 2. The molecule has 1 heterocycles. The molecule has 0 aliphatic rings. The molecule has 0 amide bonds. The van der Waals surface area contributed by atoms with Crippen LogP contribution in [0.3, 0.4) is 0 Å². The van der Waals surface area contributed by atoms with E-state index in [1.807, 2.05) is 12.1 Å². The van der Waals surface area contributed by atoms with E-state index in [0.717, 1.165) is 5.69 Å². The molecule has 60 valence electrons. The maximum Gasteiger partial charge on any atom is 0.129 e. The third-order valence-electron chi connectivity index (χ3n) is 1.28. The first-order valence-corrected chi connectivity index (χ1v) is 3.86. The molecular formula is C8H10ClNO. The second-order valence-electron chi connectivity index (χ2n) is 2.50. The fraction of sp³-hybridized carbons (Fsp3) is 0.375. The molecular weight excluding hydrogens is 162 g/mol. The van der Waals surface area contributed by atoms with Crippen molar-refractivity contribution in [3.05, 3.63) is 29.0 Å². The highest BCUT2D eigenvalue weighted by molar-refractivity contribution is 6.29. The molecule has 0 fully saturated rings. The molecule has 1 atom stereocenters. The van der Waals surface area contributed by atoms with Gasteiger partial charge in [0, 0.05) is 12.1 Å². The Kier molecular flexibility index (Phi) is 2.85. The number of aromatic nitrogens is 1. The molecule has 1 aromatic heterocycles. The summed E-state index contributed by atoms with van der Waals surface area (Å²) >= 11 is 5.64. The SMILES string of the molecule is C[C@@H](O)Cc1cccc(Cl)n1. The summed E-state index contributed by atoms with van der Waals surface area (Å²) < 4.78 is 0. The largest absolute Gasteiger partial charge is 0.393 e. The first kappa shape index (κ1) is 8.50. The summed E-state index contributed by atoms with van der Waals surface area (Å²) in [6, 6.07) is 5.39. The Morgan fingerprint density at radius 3 is 2.91 bits per heavy atom. The van der Waals surface area contributed by atoms with Crippen LogP contribution >= 0.6 is 11.6 Å². The number of halogens is 1. The van der Waals surface area contributed by atoms with Gasteiger partial charge in [-0.05, 0) is 19.1 Å². The summed E-state index contributed by atoms with van der Waals surface area (Å²) in [5.74, 6) is 0. The lowest BCUT2D eigenvalue weighted by Gasteiger charge is -2.02. The molecule has 0 aliphatic heterocycles. The lowest BCUT2D eigenvalue weighted by atomic mass is 10.2. The van der Waals surface area contributed by atoms with Crippen LogP contribution in [0.2, 0.25) is 5.15 Å². The first-order valence-electron chi connectivity index (χ1n) is 3.48. The zero-order valence-corrected chi connectivity index (χ0v) is 7.04. The first-order chi connectivity index (χ1) is 5.18. The minimum atomic E-state index is -0.360. The van der Waals surface area contributed by atoms with Gasteiger partial charge in [0.05, 0.1) is 6.10 Å². The van der Waals surface area contributed by atoms with Crippen LogP contribution in [0.4, 0.5) is 0 Å². The Morgan fingerprint density at radius 2 is 2.36 bits per heavy atom. The van der Waals surface area contributed by atoms with E-state index in [0.29, 0.717) is 11.6 Å². The van der Waals surface area contributed by atoms with E-state index in [1.54, 1.807) is 13.0 Å². The highest BCUT2D eigenvalue weighted by atomic mass is 35.5. The van der Waals surface area contributed by atoms with Gasteiger partial charge in [0.15, 0.2) is 0 Å². The van der Waals surface area contributed by atoms with E-state index >= 15 is 0 Å². The molecule has 0 aliphatic carbocycles. The summed E-state index contributed by atoms with van der Waals surface area (Å²) in [5, 5.41) is 9.49. The van der Waals surface area contributed by atoms with Gasteiger partial charge >= 0.3 is 0 Å². The van der Waals surface area contributed by atoms with Gasteiger partial charge in [-0.2, -0.15) is 0 Å². The average molecular weight is 172 g/mol. The van der Waals surface area contributed by atoms with E-state index in [1.165, 1.54) is 0 Å². The van der Waals surface area contributed by atoms with Crippen molar-refractivity contribution in [1.29, 1.82) is 0 Å². The Bertz CT molecular complexity index is 237. The van der Waals surface area contributed by atoms with Gasteiger partial charge in [0.1, 0.15) is 5.15 Å². The predicted octanol–water partition coefficient (Wildman–Crippen LogP) is 1.66. The highest BCUT2D eigenvalue weighted by Gasteiger charge is 1.99. The second-order valence-corrected chi connectivity index (χ2v) is 2.89. The maximum atomic E-state index is 9.01. The lowest BCUT2D eigenvalue weighted by molar-refractivity contribution is 0.194. The minimum absolute atomic E-state index is 0.360. The molecule has 0 bridgehead atoms. The molecule has 0 saturated heterocycles. The molecule has 0 unspecified atom stereocenters. The van der Waals surface area contributed by atoms with E-state index in [-0.39, 0.29) is 6.10 Å². The minimum Gasteiger partial charge on any atom is -0.393 e. The molecule has 1 rings (SSSR count). The van der Waals surface area contributed by atoms with Crippen molar-refractivity contribution in [2.75, 3.05) is 0 Å². The summed E-state index contributed by atoms with van der Waals surface area (Å²) in [5.41, 5.74) is 0.826. The molecule has 0 radical (unpaired) electrons. The third kappa shape index (κ3) is 2.87. The van der Waals surface area contributed by atoms with Crippen molar-refractivity contribution in [1.82, 2.24) is 4.98 Å². The van der Waals surface area contributed by atoms with Crippen LogP contribution < -0.4 is 0 Å². The van der Waals surface area contributed by atoms with Crippen LogP contribution in [0.25, 0.3) is 0 Å². The van der Waals surface area contributed by atoms with Crippen molar-refractivity contribution in [2.45, 2.75) is 19.4 Å². The second kappa shape index (κ2) is 3.69. The van der Waals surface area contributed by atoms with Gasteiger partial charge < -0.3 is 5.11 Å². The van der Waals surface area contributed by atoms with Crippen molar-refractivity contribution >= 4 is 11.6 Å². The van der Waals surface area contributed by atoms with E-state index < -0.39 is 0 Å². The predicted molar refractivity (Wildman–Crippen MR) is 44.6 cm³/mol. The van der Waals surface area contributed by atoms with Crippen LogP contribution in [0.5, 0.6) is 0 Å². The number of pyridine rings is 1. The Hall–Kier alpha value is -0.600. The Labute approximate surface area is 70.8 Å². The van der Waals surface area contributed by atoms with Gasteiger partial charge in [-0.3, -0.25) is 0 Å². The van der Waals surface area contributed by atoms with E-state index in [4.69, 9.17) is 16.7 Å². The fourth-order valence-electron chi connectivity index (χ4n) is 0.867. The Balaban J connectivity index is 2.71. The van der Waals surface area contributed by atoms with Crippen LogP contribution in [0.15, 0.2) is 18.2 Å². The standard InChI is InChI=1S/C8H10ClNO/c1-6(11)5-7-3-2-4-8(9)10-7/h2-4,6,11H,5H2,1H3/t6-/m1/s1. The summed E-state index contributed by atoms with van der Waals surface area (Å²) in [6.45, 7) is 1.72. The topological polar surface area (TPSA) is 33.1 Å². The quantitative estimate of drug-likeness (QED) is 0.687. The van der Waals surface area contributed by atoms with Gasteiger partial charge in [0.25, 0.3) is 0 Å². The molecule has 3 heteroatoms. The van der Waals surface area contributed by atoms with Crippen molar-refractivity contribution in [3.63, 3.8) is 0 Å². The maximum absolute atomic E-state index is 9.01. The van der Waals surface area contributed by atoms with Crippen molar-refractivity contribution < 1.29 is 5.11 Å². The number of hydrogen-bond donors (Lipinski definition) is 1. The Morgan fingerprint density at radius 1 is 1.64 bits per heavy atom. The number of aliphatic hydroxyl groups is 1. The van der Waals surface area contributed by atoms with Gasteiger partial charge in [-0.1, -0.05) is 17.7 Å². The zero-order valence-electron chi connectivity index (χ0n) is 6.29. The lowest BCUT2D eigenvalue weighted by Crippen LogP contribution is -2.05. The number of nitrogens with zero attached hydrogens (tertiary/aromatic N) is 1. The smallest absolute Gasteiger partial charge is 0.129 e. The third-order valence-corrected chi connectivity index (χ3v) is 1.49. The average Bonchev–Trinajstić information content (AvgIpc) is 1.85. The summed E-state index contributed by atoms with van der Waals surface area (Å²) in [7, 11) is 0. The number of aliphatic hydroxyl groups excluding tert-OH is 1. The molecule has 11 heavy (non-hydrogen) atoms. The van der Waals surface area contributed by atoms with Crippen LogP contribution in [0.1, 0.15) is 12.6 Å². The molecule has 1 aromatic rings. The highest BCUT2D eigenvalue weighted by Crippen LogP contribution is 2.06.